The van der Waals surface area contributed by atoms with Crippen molar-refractivity contribution in [3.05, 3.63) is 29.8 Å². The molecule has 1 aromatic rings. The van der Waals surface area contributed by atoms with Crippen molar-refractivity contribution in [2.45, 2.75) is 18.9 Å². The molecule has 0 saturated carbocycles. The van der Waals surface area contributed by atoms with E-state index in [1.807, 2.05) is 9.80 Å². The van der Waals surface area contributed by atoms with E-state index >= 15 is 0 Å². The number of hydrogen-bond donors (Lipinski definition) is 2. The van der Waals surface area contributed by atoms with Gasteiger partial charge in [0.25, 0.3) is 11.8 Å². The lowest BCUT2D eigenvalue weighted by Gasteiger charge is -2.41. The Kier molecular flexibility index (Phi) is 5.72. The van der Waals surface area contributed by atoms with Gasteiger partial charge in [0.05, 0.1) is 6.54 Å². The third-order valence-corrected chi connectivity index (χ3v) is 4.73. The summed E-state index contributed by atoms with van der Waals surface area (Å²) in [4.78, 5) is 39.3. The normalized spacial score (nSPS) is 20.8. The van der Waals surface area contributed by atoms with Crippen LogP contribution in [0.1, 0.15) is 23.2 Å². The number of rotatable bonds is 5. The van der Waals surface area contributed by atoms with Gasteiger partial charge in [-0.2, -0.15) is 0 Å². The molecule has 2 fully saturated rings. The largest absolute Gasteiger partial charge is 0.484 e. The molecule has 0 bridgehead atoms. The van der Waals surface area contributed by atoms with Crippen LogP contribution in [-0.2, 0) is 9.59 Å². The Morgan fingerprint density at radius 3 is 2.69 bits per heavy atom. The first-order valence-electron chi connectivity index (χ1n) is 8.85. The van der Waals surface area contributed by atoms with Crippen LogP contribution < -0.4 is 15.8 Å². The van der Waals surface area contributed by atoms with Crippen molar-refractivity contribution >= 4 is 17.7 Å². The molecule has 2 aliphatic heterocycles. The van der Waals surface area contributed by atoms with E-state index < -0.39 is 5.91 Å². The molecule has 8 heteroatoms. The second kappa shape index (κ2) is 8.18. The number of amides is 3. The molecule has 2 heterocycles. The third kappa shape index (κ3) is 4.32. The minimum atomic E-state index is -0.549. The van der Waals surface area contributed by atoms with Crippen molar-refractivity contribution in [3.63, 3.8) is 0 Å². The van der Waals surface area contributed by atoms with E-state index in [9.17, 15) is 14.4 Å². The average molecular weight is 360 g/mol. The Hall–Kier alpha value is -2.61. The van der Waals surface area contributed by atoms with Gasteiger partial charge >= 0.3 is 0 Å². The molecule has 3 amide bonds. The Morgan fingerprint density at radius 2 is 2.00 bits per heavy atom. The van der Waals surface area contributed by atoms with Crippen LogP contribution >= 0.6 is 0 Å². The van der Waals surface area contributed by atoms with E-state index in [1.54, 1.807) is 24.3 Å². The lowest BCUT2D eigenvalue weighted by Crippen LogP contribution is -2.57. The van der Waals surface area contributed by atoms with Gasteiger partial charge in [-0.25, -0.2) is 0 Å². The molecule has 1 aromatic carbocycles. The molecule has 26 heavy (non-hydrogen) atoms. The fourth-order valence-corrected chi connectivity index (χ4v) is 3.43. The highest BCUT2D eigenvalue weighted by atomic mass is 16.5. The van der Waals surface area contributed by atoms with E-state index in [2.05, 4.69) is 5.32 Å². The second-order valence-electron chi connectivity index (χ2n) is 6.59. The maximum absolute atomic E-state index is 12.8. The number of benzene rings is 1. The van der Waals surface area contributed by atoms with E-state index in [0.29, 0.717) is 37.5 Å². The molecule has 1 atom stereocenters. The molecule has 0 aliphatic carbocycles. The van der Waals surface area contributed by atoms with Crippen LogP contribution in [0.5, 0.6) is 5.75 Å². The zero-order valence-electron chi connectivity index (χ0n) is 14.6. The average Bonchev–Trinajstić information content (AvgIpc) is 2.66. The van der Waals surface area contributed by atoms with E-state index in [1.165, 1.54) is 0 Å². The highest BCUT2D eigenvalue weighted by Crippen LogP contribution is 2.20. The van der Waals surface area contributed by atoms with Crippen molar-refractivity contribution in [1.82, 2.24) is 15.1 Å². The first kappa shape index (κ1) is 18.2. The first-order valence-corrected chi connectivity index (χ1v) is 8.85. The van der Waals surface area contributed by atoms with E-state index in [-0.39, 0.29) is 24.5 Å². The number of nitrogens with zero attached hydrogens (tertiary/aromatic N) is 2. The van der Waals surface area contributed by atoms with Crippen LogP contribution in [0.3, 0.4) is 0 Å². The molecule has 0 radical (unpaired) electrons. The van der Waals surface area contributed by atoms with Gasteiger partial charge in [0.2, 0.25) is 5.91 Å². The number of nitrogens with one attached hydrogen (secondary N) is 1. The van der Waals surface area contributed by atoms with Gasteiger partial charge in [-0.3, -0.25) is 14.4 Å². The van der Waals surface area contributed by atoms with Crippen LogP contribution in [0.4, 0.5) is 0 Å². The quantitative estimate of drug-likeness (QED) is 0.743. The topological polar surface area (TPSA) is 105 Å². The van der Waals surface area contributed by atoms with E-state index in [4.69, 9.17) is 10.5 Å². The number of ether oxygens (including phenoxy) is 1. The van der Waals surface area contributed by atoms with Gasteiger partial charge in [0.1, 0.15) is 5.75 Å². The number of nitrogens with two attached hydrogens (primary N) is 1. The summed E-state index contributed by atoms with van der Waals surface area (Å²) >= 11 is 0. The molecule has 2 saturated heterocycles. The number of primary amides is 1. The highest BCUT2D eigenvalue weighted by Gasteiger charge is 2.31. The molecule has 3 N–H and O–H groups in total. The minimum absolute atomic E-state index is 0.0567. The molecule has 0 aromatic heterocycles. The van der Waals surface area contributed by atoms with Crippen molar-refractivity contribution < 1.29 is 19.1 Å². The minimum Gasteiger partial charge on any atom is -0.484 e. The van der Waals surface area contributed by atoms with Crippen LogP contribution in [0.25, 0.3) is 0 Å². The molecule has 8 nitrogen and oxygen atoms in total. The number of carbonyl (C=O) groups excluding carboxylic acids is 3. The number of piperazine rings is 1. The molecular formula is C18H24N4O4. The Labute approximate surface area is 152 Å². The van der Waals surface area contributed by atoms with Crippen LogP contribution in [0.15, 0.2) is 24.3 Å². The Balaban J connectivity index is 1.61. The number of carbonyl (C=O) groups is 3. The monoisotopic (exact) mass is 360 g/mol. The lowest BCUT2D eigenvalue weighted by molar-refractivity contribution is -0.135. The van der Waals surface area contributed by atoms with Gasteiger partial charge in [-0.15, -0.1) is 0 Å². The van der Waals surface area contributed by atoms with Gasteiger partial charge in [-0.1, -0.05) is 0 Å². The summed E-state index contributed by atoms with van der Waals surface area (Å²) in [5.41, 5.74) is 5.60. The highest BCUT2D eigenvalue weighted by molar-refractivity contribution is 5.94. The zero-order valence-corrected chi connectivity index (χ0v) is 14.6. The van der Waals surface area contributed by atoms with Crippen LogP contribution in [0.2, 0.25) is 0 Å². The second-order valence-corrected chi connectivity index (χ2v) is 6.59. The standard InChI is InChI=1S/C18H24N4O4/c19-16(23)12-26-15-5-3-13(4-6-15)18(25)21-8-1-2-14(11-21)22-9-7-20-10-17(22)24/h3-6,14,20H,1-2,7-12H2,(H2,19,23). The zero-order chi connectivity index (χ0) is 18.5. The molecule has 140 valence electrons. The van der Waals surface area contributed by atoms with Crippen molar-refractivity contribution in [1.29, 1.82) is 0 Å². The third-order valence-electron chi connectivity index (χ3n) is 4.73. The summed E-state index contributed by atoms with van der Waals surface area (Å²) in [6, 6.07) is 6.74. The number of piperidine rings is 1. The predicted octanol–water partition coefficient (Wildman–Crippen LogP) is -0.413. The lowest BCUT2D eigenvalue weighted by atomic mass is 10.0. The first-order chi connectivity index (χ1) is 12.5. The van der Waals surface area contributed by atoms with Crippen molar-refractivity contribution in [2.24, 2.45) is 5.73 Å². The maximum Gasteiger partial charge on any atom is 0.255 e. The predicted molar refractivity (Wildman–Crippen MR) is 94.6 cm³/mol. The van der Waals surface area contributed by atoms with Crippen LogP contribution in [0, 0.1) is 0 Å². The molecule has 0 spiro atoms. The van der Waals surface area contributed by atoms with Crippen molar-refractivity contribution in [3.8, 4) is 5.75 Å². The fraction of sp³-hybridized carbons (Fsp3) is 0.500. The van der Waals surface area contributed by atoms with Gasteiger partial charge in [0.15, 0.2) is 6.61 Å². The molecule has 2 aliphatic rings. The summed E-state index contributed by atoms with van der Waals surface area (Å²) in [5.74, 6) is -0.0134. The maximum atomic E-state index is 12.8. The fourth-order valence-electron chi connectivity index (χ4n) is 3.43. The summed E-state index contributed by atoms with van der Waals surface area (Å²) in [5, 5.41) is 3.07. The van der Waals surface area contributed by atoms with Crippen molar-refractivity contribution in [2.75, 3.05) is 39.3 Å². The molecule has 3 rings (SSSR count). The van der Waals surface area contributed by atoms with E-state index in [0.717, 1.165) is 19.4 Å². The van der Waals surface area contributed by atoms with Gasteiger partial charge in [0, 0.05) is 37.8 Å². The smallest absolute Gasteiger partial charge is 0.255 e. The SMILES string of the molecule is NC(=O)COc1ccc(C(=O)N2CCCC(N3CCNCC3=O)C2)cc1. The molecule has 1 unspecified atom stereocenters. The summed E-state index contributed by atoms with van der Waals surface area (Å²) in [6.07, 6.45) is 1.81. The molecular weight excluding hydrogens is 336 g/mol. The number of likely N-dealkylation sites (tertiary alicyclic amines) is 1. The Morgan fingerprint density at radius 1 is 1.23 bits per heavy atom. The number of hydrogen-bond acceptors (Lipinski definition) is 5. The van der Waals surface area contributed by atoms with Gasteiger partial charge < -0.3 is 25.6 Å². The van der Waals surface area contributed by atoms with Crippen LogP contribution in [-0.4, -0.2) is 72.9 Å². The summed E-state index contributed by atoms with van der Waals surface area (Å²) in [6.45, 7) is 2.91. The Bertz CT molecular complexity index is 676. The summed E-state index contributed by atoms with van der Waals surface area (Å²) in [7, 11) is 0. The summed E-state index contributed by atoms with van der Waals surface area (Å²) < 4.78 is 5.21. The van der Waals surface area contributed by atoms with Gasteiger partial charge in [-0.05, 0) is 37.1 Å².